The Hall–Kier alpha value is -1.78. The van der Waals surface area contributed by atoms with E-state index in [0.717, 1.165) is 31.0 Å². The molecule has 0 saturated carbocycles. The van der Waals surface area contributed by atoms with Gasteiger partial charge in [0.1, 0.15) is 0 Å². The van der Waals surface area contributed by atoms with E-state index in [-0.39, 0.29) is 11.9 Å². The van der Waals surface area contributed by atoms with Gasteiger partial charge in [-0.25, -0.2) is 4.39 Å². The minimum atomic E-state index is -0.302. The minimum Gasteiger partial charge on any atom is -0.494 e. The summed E-state index contributed by atoms with van der Waals surface area (Å²) in [5, 5.41) is 3.35. The highest BCUT2D eigenvalue weighted by Gasteiger charge is 2.33. The molecule has 102 valence electrons. The second-order valence-corrected chi connectivity index (χ2v) is 5.10. The van der Waals surface area contributed by atoms with Crippen LogP contribution in [0.5, 0.6) is 5.75 Å². The zero-order valence-corrected chi connectivity index (χ0v) is 11.2. The maximum Gasteiger partial charge on any atom is 0.194 e. The molecule has 0 aromatic heterocycles. The number of nitrogens with one attached hydrogen (secondary N) is 1. The molecule has 2 heterocycles. The van der Waals surface area contributed by atoms with Crippen LogP contribution in [-0.4, -0.2) is 37.1 Å². The number of ether oxygens (including phenoxy) is 1. The van der Waals surface area contributed by atoms with E-state index >= 15 is 0 Å². The molecule has 1 aromatic carbocycles. The van der Waals surface area contributed by atoms with E-state index in [1.807, 2.05) is 6.07 Å². The number of hydrogen-bond acceptors (Lipinski definition) is 4. The summed E-state index contributed by atoms with van der Waals surface area (Å²) >= 11 is 0. The van der Waals surface area contributed by atoms with Gasteiger partial charge in [0.15, 0.2) is 17.5 Å². The van der Waals surface area contributed by atoms with Gasteiger partial charge in [-0.1, -0.05) is 6.07 Å². The van der Waals surface area contributed by atoms with Crippen LogP contribution in [0.25, 0.3) is 0 Å². The van der Waals surface area contributed by atoms with E-state index < -0.39 is 0 Å². The average molecular weight is 263 g/mol. The van der Waals surface area contributed by atoms with Gasteiger partial charge in [-0.3, -0.25) is 4.99 Å². The van der Waals surface area contributed by atoms with E-state index in [1.54, 1.807) is 12.1 Å². The Morgan fingerprint density at radius 2 is 2.32 bits per heavy atom. The van der Waals surface area contributed by atoms with Gasteiger partial charge >= 0.3 is 0 Å². The van der Waals surface area contributed by atoms with E-state index in [2.05, 4.69) is 22.1 Å². The Morgan fingerprint density at radius 3 is 3.05 bits per heavy atom. The molecule has 0 bridgehead atoms. The number of aliphatic imine (C=N–C) groups is 1. The van der Waals surface area contributed by atoms with Crippen molar-refractivity contribution in [2.45, 2.75) is 25.4 Å². The maximum atomic E-state index is 13.8. The van der Waals surface area contributed by atoms with Gasteiger partial charge in [-0.15, -0.1) is 0 Å². The fourth-order valence-electron chi connectivity index (χ4n) is 2.83. The summed E-state index contributed by atoms with van der Waals surface area (Å²) < 4.78 is 18.8. The first-order valence-electron chi connectivity index (χ1n) is 6.60. The van der Waals surface area contributed by atoms with Crippen molar-refractivity contribution in [1.29, 1.82) is 0 Å². The van der Waals surface area contributed by atoms with Crippen molar-refractivity contribution < 1.29 is 9.13 Å². The van der Waals surface area contributed by atoms with Crippen LogP contribution in [0, 0.1) is 5.82 Å². The molecule has 0 amide bonds. The zero-order chi connectivity index (χ0) is 13.4. The Kier molecular flexibility index (Phi) is 3.05. The predicted molar refractivity (Wildman–Crippen MR) is 71.9 cm³/mol. The summed E-state index contributed by atoms with van der Waals surface area (Å²) in [6.45, 7) is 3.83. The number of methoxy groups -OCH3 is 1. The Balaban J connectivity index is 1.90. The highest BCUT2D eigenvalue weighted by Crippen LogP contribution is 2.32. The van der Waals surface area contributed by atoms with E-state index in [9.17, 15) is 4.39 Å². The van der Waals surface area contributed by atoms with Crippen molar-refractivity contribution >= 4 is 5.96 Å². The third-order valence-corrected chi connectivity index (χ3v) is 3.72. The van der Waals surface area contributed by atoms with Gasteiger partial charge < -0.3 is 15.0 Å². The molecule has 2 aliphatic heterocycles. The molecule has 5 heteroatoms. The van der Waals surface area contributed by atoms with Crippen LogP contribution < -0.4 is 10.1 Å². The standard InChI is InChI=1S/C14H18FN3O/c1-9-8-18-12(5-6-16-14(18)17-9)10-3-4-13(19-2)11(15)7-10/h3-4,7,9,12H,5-6,8H2,1-2H3,(H,16,17). The number of benzene rings is 1. The molecular weight excluding hydrogens is 245 g/mol. The first-order chi connectivity index (χ1) is 9.19. The Morgan fingerprint density at radius 1 is 1.47 bits per heavy atom. The molecule has 1 aromatic rings. The van der Waals surface area contributed by atoms with Crippen LogP contribution in [-0.2, 0) is 0 Å². The zero-order valence-electron chi connectivity index (χ0n) is 11.2. The SMILES string of the molecule is COc1ccc(C2CCN=C3NC(C)CN32)cc1F. The van der Waals surface area contributed by atoms with Gasteiger partial charge in [0, 0.05) is 19.1 Å². The summed E-state index contributed by atoms with van der Waals surface area (Å²) in [6.07, 6.45) is 0.920. The highest BCUT2D eigenvalue weighted by atomic mass is 19.1. The topological polar surface area (TPSA) is 36.9 Å². The summed E-state index contributed by atoms with van der Waals surface area (Å²) in [5.74, 6) is 0.936. The highest BCUT2D eigenvalue weighted by molar-refractivity contribution is 5.83. The number of halogens is 1. The molecule has 0 spiro atoms. The molecule has 3 rings (SSSR count). The summed E-state index contributed by atoms with van der Waals surface area (Å²) in [7, 11) is 1.48. The third kappa shape index (κ3) is 2.13. The van der Waals surface area contributed by atoms with Crippen molar-refractivity contribution in [2.24, 2.45) is 4.99 Å². The summed E-state index contributed by atoms with van der Waals surface area (Å²) in [6, 6.07) is 5.81. The number of guanidine groups is 1. The average Bonchev–Trinajstić information content (AvgIpc) is 2.78. The van der Waals surface area contributed by atoms with Crippen LogP contribution in [0.3, 0.4) is 0 Å². The smallest absolute Gasteiger partial charge is 0.194 e. The Labute approximate surface area is 112 Å². The molecule has 2 atom stereocenters. The van der Waals surface area contributed by atoms with Crippen molar-refractivity contribution in [2.75, 3.05) is 20.2 Å². The van der Waals surface area contributed by atoms with Crippen molar-refractivity contribution in [3.8, 4) is 5.75 Å². The molecule has 0 aliphatic carbocycles. The second kappa shape index (κ2) is 4.72. The molecule has 0 radical (unpaired) electrons. The molecule has 2 aliphatic rings. The van der Waals surface area contributed by atoms with Crippen LogP contribution >= 0.6 is 0 Å². The van der Waals surface area contributed by atoms with Crippen LogP contribution in [0.2, 0.25) is 0 Å². The lowest BCUT2D eigenvalue weighted by atomic mass is 10.0. The van der Waals surface area contributed by atoms with Crippen LogP contribution in [0.1, 0.15) is 24.9 Å². The summed E-state index contributed by atoms with van der Waals surface area (Å²) in [5.41, 5.74) is 0.988. The number of hydrogen-bond donors (Lipinski definition) is 1. The van der Waals surface area contributed by atoms with Gasteiger partial charge in [-0.2, -0.15) is 0 Å². The van der Waals surface area contributed by atoms with Gasteiger partial charge in [0.25, 0.3) is 0 Å². The lowest BCUT2D eigenvalue weighted by Gasteiger charge is -2.32. The third-order valence-electron chi connectivity index (χ3n) is 3.72. The summed E-state index contributed by atoms with van der Waals surface area (Å²) in [4.78, 5) is 6.72. The molecular formula is C14H18FN3O. The molecule has 2 unspecified atom stereocenters. The Bertz CT molecular complexity index is 517. The quantitative estimate of drug-likeness (QED) is 0.886. The first-order valence-corrected chi connectivity index (χ1v) is 6.60. The van der Waals surface area contributed by atoms with Crippen molar-refractivity contribution in [1.82, 2.24) is 10.2 Å². The van der Waals surface area contributed by atoms with Gasteiger partial charge in [0.2, 0.25) is 0 Å². The second-order valence-electron chi connectivity index (χ2n) is 5.10. The monoisotopic (exact) mass is 263 g/mol. The number of fused-ring (bicyclic) bond motifs is 1. The van der Waals surface area contributed by atoms with Crippen molar-refractivity contribution in [3.05, 3.63) is 29.6 Å². The number of nitrogens with zero attached hydrogens (tertiary/aromatic N) is 2. The van der Waals surface area contributed by atoms with E-state index in [4.69, 9.17) is 4.74 Å². The van der Waals surface area contributed by atoms with Crippen LogP contribution in [0.15, 0.2) is 23.2 Å². The van der Waals surface area contributed by atoms with Crippen molar-refractivity contribution in [3.63, 3.8) is 0 Å². The minimum absolute atomic E-state index is 0.199. The van der Waals surface area contributed by atoms with Crippen LogP contribution in [0.4, 0.5) is 4.39 Å². The molecule has 19 heavy (non-hydrogen) atoms. The van der Waals surface area contributed by atoms with Gasteiger partial charge in [-0.05, 0) is 31.0 Å². The lowest BCUT2D eigenvalue weighted by Crippen LogP contribution is -2.37. The first kappa shape index (κ1) is 12.3. The van der Waals surface area contributed by atoms with E-state index in [1.165, 1.54) is 7.11 Å². The molecule has 1 N–H and O–H groups in total. The molecule has 4 nitrogen and oxygen atoms in total. The molecule has 1 fully saturated rings. The maximum absolute atomic E-state index is 13.8. The predicted octanol–water partition coefficient (Wildman–Crippen LogP) is 1.93. The lowest BCUT2D eigenvalue weighted by molar-refractivity contribution is 0.303. The number of rotatable bonds is 2. The fraction of sp³-hybridized carbons (Fsp3) is 0.500. The molecule has 1 saturated heterocycles. The van der Waals surface area contributed by atoms with Gasteiger partial charge in [0.05, 0.1) is 13.2 Å². The normalized spacial score (nSPS) is 25.6. The van der Waals surface area contributed by atoms with E-state index in [0.29, 0.717) is 11.8 Å². The largest absolute Gasteiger partial charge is 0.494 e. The fourth-order valence-corrected chi connectivity index (χ4v) is 2.83.